The maximum Gasteiger partial charge on any atom is 0.275 e. The fourth-order valence-electron chi connectivity index (χ4n) is 3.90. The third-order valence-corrected chi connectivity index (χ3v) is 5.78. The van der Waals surface area contributed by atoms with E-state index in [0.29, 0.717) is 30.7 Å². The van der Waals surface area contributed by atoms with E-state index in [-0.39, 0.29) is 17.4 Å². The molecule has 28 heavy (non-hydrogen) atoms. The van der Waals surface area contributed by atoms with E-state index >= 15 is 0 Å². The van der Waals surface area contributed by atoms with E-state index in [4.69, 9.17) is 0 Å². The van der Waals surface area contributed by atoms with E-state index in [9.17, 15) is 9.59 Å². The summed E-state index contributed by atoms with van der Waals surface area (Å²) in [5, 5.41) is 7.46. The summed E-state index contributed by atoms with van der Waals surface area (Å²) in [5.41, 5.74) is 4.01. The first-order valence-electron chi connectivity index (χ1n) is 9.79. The fourth-order valence-corrected chi connectivity index (χ4v) is 3.90. The van der Waals surface area contributed by atoms with Crippen LogP contribution in [-0.2, 0) is 11.3 Å². The van der Waals surface area contributed by atoms with Crippen LogP contribution in [0.4, 0.5) is 0 Å². The zero-order valence-electron chi connectivity index (χ0n) is 16.6. The highest BCUT2D eigenvalue weighted by Gasteiger charge is 2.26. The van der Waals surface area contributed by atoms with Gasteiger partial charge in [0.05, 0.1) is 0 Å². The van der Waals surface area contributed by atoms with Gasteiger partial charge in [-0.3, -0.25) is 19.4 Å². The minimum atomic E-state index is -0.0629. The Morgan fingerprint density at radius 2 is 2.14 bits per heavy atom. The summed E-state index contributed by atoms with van der Waals surface area (Å²) < 4.78 is 3.37. The van der Waals surface area contributed by atoms with Crippen molar-refractivity contribution in [3.63, 3.8) is 0 Å². The Morgan fingerprint density at radius 1 is 1.32 bits per heavy atom. The third kappa shape index (κ3) is 3.34. The molecule has 1 saturated heterocycles. The largest absolute Gasteiger partial charge is 0.342 e. The summed E-state index contributed by atoms with van der Waals surface area (Å²) in [4.78, 5) is 31.6. The first-order valence-corrected chi connectivity index (χ1v) is 9.79. The molecule has 0 aliphatic carbocycles. The summed E-state index contributed by atoms with van der Waals surface area (Å²) in [6.07, 6.45) is 4.14. The molecule has 148 valence electrons. The monoisotopic (exact) mass is 382 g/mol. The van der Waals surface area contributed by atoms with Gasteiger partial charge < -0.3 is 4.90 Å². The van der Waals surface area contributed by atoms with Crippen molar-refractivity contribution in [3.8, 4) is 0 Å². The second-order valence-corrected chi connectivity index (χ2v) is 7.66. The fraction of sp³-hybridized carbons (Fsp3) is 0.500. The topological polar surface area (TPSA) is 88.3 Å². The average Bonchev–Trinajstić information content (AvgIpc) is 3.30. The van der Waals surface area contributed by atoms with Crippen LogP contribution in [0, 0.1) is 20.8 Å². The molecule has 0 unspecified atom stereocenters. The number of carbonyl (C=O) groups is 1. The Morgan fingerprint density at radius 3 is 2.89 bits per heavy atom. The number of piperidine rings is 1. The highest BCUT2D eigenvalue weighted by molar-refractivity contribution is 5.76. The molecule has 1 aliphatic rings. The number of aromatic nitrogens is 5. The van der Waals surface area contributed by atoms with Crippen molar-refractivity contribution in [1.82, 2.24) is 29.3 Å². The number of hydrogen-bond donors (Lipinski definition) is 1. The normalized spacial score (nSPS) is 17.4. The minimum absolute atomic E-state index is 0.0629. The number of likely N-dealkylation sites (tertiary alicyclic amines) is 1. The Balaban J connectivity index is 1.48. The minimum Gasteiger partial charge on any atom is -0.342 e. The molecule has 1 N–H and O–H groups in total. The highest BCUT2D eigenvalue weighted by atomic mass is 16.2. The van der Waals surface area contributed by atoms with Crippen molar-refractivity contribution in [1.29, 1.82) is 0 Å². The van der Waals surface area contributed by atoms with Crippen molar-refractivity contribution < 1.29 is 4.79 Å². The maximum atomic E-state index is 12.7. The standard InChI is InChI=1S/C20H26N6O2/c1-13-6-8-21-25(13)10-7-19(27)24-9-4-5-16(12-24)17-11-18-22-15(3)14(2)20(28)26(18)23-17/h6,8,11,16,23H,4-5,7,9-10,12H2,1-3H3/t16-/m0/s1. The van der Waals surface area contributed by atoms with Crippen LogP contribution in [0.15, 0.2) is 23.1 Å². The smallest absolute Gasteiger partial charge is 0.275 e. The van der Waals surface area contributed by atoms with Crippen molar-refractivity contribution in [2.24, 2.45) is 0 Å². The SMILES string of the molecule is Cc1nc2cc([C@H]3CCCN(C(=O)CCn4nccc4C)C3)[nH]n2c(=O)c1C. The molecule has 8 nitrogen and oxygen atoms in total. The Hall–Kier alpha value is -2.90. The molecule has 4 rings (SSSR count). The van der Waals surface area contributed by atoms with Crippen molar-refractivity contribution in [3.05, 3.63) is 51.3 Å². The lowest BCUT2D eigenvalue weighted by Crippen LogP contribution is -2.39. The average molecular weight is 382 g/mol. The van der Waals surface area contributed by atoms with E-state index in [1.165, 1.54) is 4.52 Å². The molecule has 0 spiro atoms. The van der Waals surface area contributed by atoms with E-state index in [2.05, 4.69) is 15.2 Å². The molecule has 1 amide bonds. The molecule has 0 aromatic carbocycles. The number of nitrogens with zero attached hydrogens (tertiary/aromatic N) is 5. The second-order valence-electron chi connectivity index (χ2n) is 7.66. The predicted molar refractivity (Wildman–Crippen MR) is 105 cm³/mol. The van der Waals surface area contributed by atoms with Gasteiger partial charge in [-0.05, 0) is 39.7 Å². The van der Waals surface area contributed by atoms with Gasteiger partial charge in [0, 0.05) is 66.9 Å². The van der Waals surface area contributed by atoms with Gasteiger partial charge in [-0.25, -0.2) is 9.50 Å². The summed E-state index contributed by atoms with van der Waals surface area (Å²) in [7, 11) is 0. The molecule has 0 bridgehead atoms. The van der Waals surface area contributed by atoms with Crippen LogP contribution in [0.5, 0.6) is 0 Å². The van der Waals surface area contributed by atoms with Gasteiger partial charge in [0.2, 0.25) is 5.91 Å². The van der Waals surface area contributed by atoms with E-state index < -0.39 is 0 Å². The highest BCUT2D eigenvalue weighted by Crippen LogP contribution is 2.27. The molecule has 3 aromatic heterocycles. The molecule has 1 aliphatic heterocycles. The first kappa shape index (κ1) is 18.5. The Kier molecular flexibility index (Phi) is 4.78. The summed E-state index contributed by atoms with van der Waals surface area (Å²) >= 11 is 0. The number of aryl methyl sites for hydroxylation is 3. The molecule has 8 heteroatoms. The number of fused-ring (bicyclic) bond motifs is 1. The van der Waals surface area contributed by atoms with Crippen LogP contribution in [0.2, 0.25) is 0 Å². The molecule has 4 heterocycles. The first-order chi connectivity index (χ1) is 13.4. The van der Waals surface area contributed by atoms with Gasteiger partial charge in [-0.15, -0.1) is 0 Å². The van der Waals surface area contributed by atoms with E-state index in [0.717, 1.165) is 36.5 Å². The lowest BCUT2D eigenvalue weighted by Gasteiger charge is -2.32. The van der Waals surface area contributed by atoms with Crippen LogP contribution in [-0.4, -0.2) is 48.3 Å². The van der Waals surface area contributed by atoms with Crippen LogP contribution in [0.25, 0.3) is 5.65 Å². The lowest BCUT2D eigenvalue weighted by atomic mass is 9.94. The number of nitrogens with one attached hydrogen (secondary N) is 1. The van der Waals surface area contributed by atoms with Gasteiger partial charge in [0.15, 0.2) is 5.65 Å². The molecule has 1 fully saturated rings. The van der Waals surface area contributed by atoms with E-state index in [1.807, 2.05) is 35.6 Å². The van der Waals surface area contributed by atoms with Crippen molar-refractivity contribution in [2.75, 3.05) is 13.1 Å². The van der Waals surface area contributed by atoms with Crippen LogP contribution in [0.1, 0.15) is 47.8 Å². The maximum absolute atomic E-state index is 12.7. The van der Waals surface area contributed by atoms with Gasteiger partial charge >= 0.3 is 0 Å². The van der Waals surface area contributed by atoms with Crippen LogP contribution < -0.4 is 5.56 Å². The summed E-state index contributed by atoms with van der Waals surface area (Å²) in [6, 6.07) is 3.89. The molecular weight excluding hydrogens is 356 g/mol. The number of rotatable bonds is 4. The van der Waals surface area contributed by atoms with Gasteiger partial charge in [0.1, 0.15) is 0 Å². The predicted octanol–water partition coefficient (Wildman–Crippen LogP) is 1.94. The molecule has 0 radical (unpaired) electrons. The molecular formula is C20H26N6O2. The number of aromatic amines is 1. The van der Waals surface area contributed by atoms with Crippen molar-refractivity contribution >= 4 is 11.6 Å². The Labute approximate surface area is 163 Å². The van der Waals surface area contributed by atoms with Gasteiger partial charge in [0.25, 0.3) is 5.56 Å². The summed E-state index contributed by atoms with van der Waals surface area (Å²) in [5.74, 6) is 0.337. The van der Waals surface area contributed by atoms with Gasteiger partial charge in [-0.2, -0.15) is 5.10 Å². The quantitative estimate of drug-likeness (QED) is 0.747. The summed E-state index contributed by atoms with van der Waals surface area (Å²) in [6.45, 7) is 7.68. The second kappa shape index (κ2) is 7.26. The number of hydrogen-bond acceptors (Lipinski definition) is 4. The molecule has 3 aromatic rings. The Bertz CT molecular complexity index is 1080. The zero-order valence-corrected chi connectivity index (χ0v) is 16.6. The van der Waals surface area contributed by atoms with Crippen molar-refractivity contribution in [2.45, 2.75) is 52.5 Å². The van der Waals surface area contributed by atoms with Crippen LogP contribution >= 0.6 is 0 Å². The number of H-pyrrole nitrogens is 1. The van der Waals surface area contributed by atoms with Gasteiger partial charge in [-0.1, -0.05) is 0 Å². The zero-order chi connectivity index (χ0) is 19.8. The lowest BCUT2D eigenvalue weighted by molar-refractivity contribution is -0.132. The molecule has 1 atom stereocenters. The van der Waals surface area contributed by atoms with E-state index in [1.54, 1.807) is 13.1 Å². The third-order valence-electron chi connectivity index (χ3n) is 5.78. The van der Waals surface area contributed by atoms with Crippen LogP contribution in [0.3, 0.4) is 0 Å². The molecule has 0 saturated carbocycles. The number of carbonyl (C=O) groups excluding carboxylic acids is 1. The number of amides is 1.